The van der Waals surface area contributed by atoms with E-state index in [0.29, 0.717) is 37.1 Å². The van der Waals surface area contributed by atoms with Crippen molar-refractivity contribution in [3.05, 3.63) is 57.5 Å². The number of H-pyrrole nitrogens is 1. The van der Waals surface area contributed by atoms with Crippen LogP contribution in [0.3, 0.4) is 0 Å². The summed E-state index contributed by atoms with van der Waals surface area (Å²) in [5.41, 5.74) is 1.84. The van der Waals surface area contributed by atoms with Crippen LogP contribution in [0.1, 0.15) is 36.6 Å². The van der Waals surface area contributed by atoms with Gasteiger partial charge >= 0.3 is 5.97 Å². The molecule has 0 radical (unpaired) electrons. The number of carbonyl (C=O) groups is 1. The van der Waals surface area contributed by atoms with Crippen LogP contribution in [0.4, 0.5) is 0 Å². The van der Waals surface area contributed by atoms with Gasteiger partial charge in [0.25, 0.3) is 5.56 Å². The van der Waals surface area contributed by atoms with Gasteiger partial charge in [0.15, 0.2) is 0 Å². The molecule has 1 N–H and O–H groups in total. The van der Waals surface area contributed by atoms with Gasteiger partial charge in [-0.25, -0.2) is 13.5 Å². The summed E-state index contributed by atoms with van der Waals surface area (Å²) in [6.07, 6.45) is 1.63. The molecule has 1 saturated heterocycles. The molecule has 0 spiro atoms. The predicted octanol–water partition coefficient (Wildman–Crippen LogP) is 1.63. The highest BCUT2D eigenvalue weighted by molar-refractivity contribution is 7.89. The van der Waals surface area contributed by atoms with Crippen molar-refractivity contribution >= 4 is 16.0 Å². The molecule has 2 aromatic rings. The van der Waals surface area contributed by atoms with Crippen LogP contribution in [0.25, 0.3) is 0 Å². The van der Waals surface area contributed by atoms with Crippen molar-refractivity contribution in [3.63, 3.8) is 0 Å². The number of rotatable bonds is 6. The van der Waals surface area contributed by atoms with Crippen LogP contribution in [-0.4, -0.2) is 48.6 Å². The molecule has 2 heterocycles. The monoisotopic (exact) mass is 419 g/mol. The average Bonchev–Trinajstić information content (AvgIpc) is 2.71. The van der Waals surface area contributed by atoms with Crippen molar-refractivity contribution in [1.29, 1.82) is 0 Å². The Hall–Kier alpha value is -2.52. The fraction of sp³-hybridized carbons (Fsp3) is 0.450. The van der Waals surface area contributed by atoms with E-state index in [1.165, 1.54) is 4.31 Å². The predicted molar refractivity (Wildman–Crippen MR) is 107 cm³/mol. The van der Waals surface area contributed by atoms with Crippen molar-refractivity contribution in [2.24, 2.45) is 5.92 Å². The zero-order chi connectivity index (χ0) is 21.0. The van der Waals surface area contributed by atoms with Crippen molar-refractivity contribution in [2.75, 3.05) is 19.7 Å². The Morgan fingerprint density at radius 2 is 2.03 bits per heavy atom. The number of carbonyl (C=O) groups excluding carboxylic acids is 1. The van der Waals surface area contributed by atoms with Crippen molar-refractivity contribution in [3.8, 4) is 0 Å². The van der Waals surface area contributed by atoms with Crippen LogP contribution in [0, 0.1) is 12.8 Å². The number of aryl methyl sites for hydroxylation is 1. The van der Waals surface area contributed by atoms with Gasteiger partial charge in [0.2, 0.25) is 10.0 Å². The molecule has 1 fully saturated rings. The molecule has 0 amide bonds. The number of aromatic amines is 1. The van der Waals surface area contributed by atoms with Crippen molar-refractivity contribution in [2.45, 2.75) is 38.0 Å². The van der Waals surface area contributed by atoms with Gasteiger partial charge in [-0.05, 0) is 50.5 Å². The number of esters is 1. The van der Waals surface area contributed by atoms with E-state index in [4.69, 9.17) is 4.74 Å². The molecule has 1 aromatic carbocycles. The lowest BCUT2D eigenvalue weighted by Crippen LogP contribution is -2.42. The van der Waals surface area contributed by atoms with Crippen LogP contribution < -0.4 is 5.56 Å². The number of ether oxygens (including phenoxy) is 1. The third-order valence-electron chi connectivity index (χ3n) is 4.97. The van der Waals surface area contributed by atoms with Gasteiger partial charge in [0, 0.05) is 25.1 Å². The lowest BCUT2D eigenvalue weighted by atomic mass is 10.0. The zero-order valence-electron chi connectivity index (χ0n) is 16.6. The van der Waals surface area contributed by atoms with E-state index in [1.54, 1.807) is 44.2 Å². The third-order valence-corrected chi connectivity index (χ3v) is 6.85. The summed E-state index contributed by atoms with van der Waals surface area (Å²) in [6.45, 7) is 4.32. The first-order valence-corrected chi connectivity index (χ1v) is 11.1. The quantitative estimate of drug-likeness (QED) is 0.713. The molecule has 1 unspecified atom stereocenters. The lowest BCUT2D eigenvalue weighted by molar-refractivity contribution is -0.149. The van der Waals surface area contributed by atoms with Crippen LogP contribution in [-0.2, 0) is 26.0 Å². The minimum atomic E-state index is -3.70. The molecule has 1 aromatic heterocycles. The Labute approximate surface area is 169 Å². The van der Waals surface area contributed by atoms with Gasteiger partial charge in [-0.1, -0.05) is 12.1 Å². The van der Waals surface area contributed by atoms with E-state index in [2.05, 4.69) is 10.2 Å². The Balaban J connectivity index is 1.75. The maximum Gasteiger partial charge on any atom is 0.310 e. The fourth-order valence-corrected chi connectivity index (χ4v) is 4.98. The number of piperidine rings is 1. The lowest BCUT2D eigenvalue weighted by Gasteiger charge is -2.30. The highest BCUT2D eigenvalue weighted by Gasteiger charge is 2.33. The van der Waals surface area contributed by atoms with Crippen LogP contribution in [0.5, 0.6) is 0 Å². The summed E-state index contributed by atoms with van der Waals surface area (Å²) < 4.78 is 32.4. The van der Waals surface area contributed by atoms with E-state index < -0.39 is 15.9 Å². The molecule has 29 heavy (non-hydrogen) atoms. The summed E-state index contributed by atoms with van der Waals surface area (Å²) >= 11 is 0. The number of nitrogens with one attached hydrogen (secondary N) is 1. The molecule has 1 aliphatic heterocycles. The Morgan fingerprint density at radius 3 is 2.72 bits per heavy atom. The summed E-state index contributed by atoms with van der Waals surface area (Å²) in [5.74, 6) is -0.778. The van der Waals surface area contributed by atoms with E-state index in [1.807, 2.05) is 0 Å². The number of hydrogen-bond acceptors (Lipinski definition) is 6. The second kappa shape index (κ2) is 8.87. The van der Waals surface area contributed by atoms with Gasteiger partial charge in [-0.3, -0.25) is 9.59 Å². The van der Waals surface area contributed by atoms with Gasteiger partial charge in [0.1, 0.15) is 0 Å². The molecule has 9 heteroatoms. The molecule has 0 bridgehead atoms. The molecule has 3 rings (SSSR count). The van der Waals surface area contributed by atoms with Crippen molar-refractivity contribution in [1.82, 2.24) is 14.5 Å². The number of benzene rings is 1. The highest BCUT2D eigenvalue weighted by atomic mass is 32.2. The number of aromatic nitrogens is 2. The zero-order valence-corrected chi connectivity index (χ0v) is 17.4. The highest BCUT2D eigenvalue weighted by Crippen LogP contribution is 2.25. The van der Waals surface area contributed by atoms with Crippen LogP contribution in [0.15, 0.2) is 40.0 Å². The van der Waals surface area contributed by atoms with Gasteiger partial charge in [0.05, 0.1) is 23.1 Å². The summed E-state index contributed by atoms with van der Waals surface area (Å²) in [6, 6.07) is 8.21. The maximum absolute atomic E-state index is 13.0. The summed E-state index contributed by atoms with van der Waals surface area (Å²) in [7, 11) is -3.70. The topological polar surface area (TPSA) is 109 Å². The first-order chi connectivity index (χ1) is 13.8. The Kier molecular flexibility index (Phi) is 6.49. The minimum Gasteiger partial charge on any atom is -0.466 e. The molecule has 8 nitrogen and oxygen atoms in total. The maximum atomic E-state index is 13.0. The number of hydrogen-bond donors (Lipinski definition) is 1. The molecule has 1 aliphatic rings. The van der Waals surface area contributed by atoms with Gasteiger partial charge in [-0.15, -0.1) is 0 Å². The van der Waals surface area contributed by atoms with E-state index >= 15 is 0 Å². The second-order valence-electron chi connectivity index (χ2n) is 7.14. The van der Waals surface area contributed by atoms with E-state index in [0.717, 1.165) is 5.56 Å². The standard InChI is InChI=1S/C20H25N3O5S/c1-3-28-20(25)16-5-4-10-23(13-16)29(26,27)18-8-6-15(7-9-18)12-17-11-14(2)21-22-19(17)24/h6-9,11,16H,3-5,10,12-13H2,1-2H3,(H,22,24). The first-order valence-electron chi connectivity index (χ1n) is 9.62. The molecule has 0 saturated carbocycles. The fourth-order valence-electron chi connectivity index (χ4n) is 3.45. The van der Waals surface area contributed by atoms with Gasteiger partial charge in [-0.2, -0.15) is 9.40 Å². The number of sulfonamides is 1. The Morgan fingerprint density at radius 1 is 1.31 bits per heavy atom. The second-order valence-corrected chi connectivity index (χ2v) is 9.08. The van der Waals surface area contributed by atoms with Gasteiger partial charge < -0.3 is 4.74 Å². The Bertz CT molecular complexity index is 1030. The number of nitrogens with zero attached hydrogens (tertiary/aromatic N) is 2. The van der Waals surface area contributed by atoms with Crippen molar-refractivity contribution < 1.29 is 17.9 Å². The van der Waals surface area contributed by atoms with Crippen LogP contribution >= 0.6 is 0 Å². The summed E-state index contributed by atoms with van der Waals surface area (Å²) in [4.78, 5) is 24.1. The van der Waals surface area contributed by atoms with Crippen LogP contribution in [0.2, 0.25) is 0 Å². The SMILES string of the molecule is CCOC(=O)C1CCCN(S(=O)(=O)c2ccc(Cc3cc(C)n[nH]c3=O)cc2)C1. The minimum absolute atomic E-state index is 0.134. The first kappa shape index (κ1) is 21.2. The molecule has 1 atom stereocenters. The largest absolute Gasteiger partial charge is 0.466 e. The normalized spacial score (nSPS) is 17.8. The molecular weight excluding hydrogens is 394 g/mol. The molecule has 0 aliphatic carbocycles. The smallest absolute Gasteiger partial charge is 0.310 e. The third kappa shape index (κ3) is 4.91. The van der Waals surface area contributed by atoms with E-state index in [9.17, 15) is 18.0 Å². The van der Waals surface area contributed by atoms with E-state index in [-0.39, 0.29) is 29.6 Å². The summed E-state index contributed by atoms with van der Waals surface area (Å²) in [5, 5.41) is 6.30. The molecule has 156 valence electrons. The molecular formula is C20H25N3O5S. The average molecular weight is 420 g/mol.